The van der Waals surface area contributed by atoms with Gasteiger partial charge in [0.25, 0.3) is 5.91 Å². The third kappa shape index (κ3) is 5.17. The molecule has 0 spiro atoms. The van der Waals surface area contributed by atoms with Crippen molar-refractivity contribution in [2.75, 3.05) is 37.6 Å². The molecule has 162 valence electrons. The minimum atomic E-state index is -3.51. The van der Waals surface area contributed by atoms with Gasteiger partial charge in [-0.3, -0.25) is 9.78 Å². The van der Waals surface area contributed by atoms with E-state index in [1.165, 1.54) is 22.1 Å². The molecule has 0 aliphatic carbocycles. The molecule has 0 atom stereocenters. The number of anilines is 1. The Balaban J connectivity index is 1.51. The SMILES string of the molecule is CCN(CC)S(=O)(=O)c1ccc(C(=O)NCC2CCN(c3ccncc3)CC2)cc1. The fourth-order valence-electron chi connectivity index (χ4n) is 3.78. The fraction of sp³-hybridized carbons (Fsp3) is 0.455. The largest absolute Gasteiger partial charge is 0.371 e. The lowest BCUT2D eigenvalue weighted by Crippen LogP contribution is -2.38. The van der Waals surface area contributed by atoms with Crippen LogP contribution in [0.4, 0.5) is 5.69 Å². The Morgan fingerprint density at radius 2 is 1.67 bits per heavy atom. The van der Waals surface area contributed by atoms with Crippen LogP contribution in [0.1, 0.15) is 37.0 Å². The maximum absolute atomic E-state index is 12.6. The normalized spacial score (nSPS) is 15.4. The van der Waals surface area contributed by atoms with Gasteiger partial charge in [-0.1, -0.05) is 13.8 Å². The zero-order valence-electron chi connectivity index (χ0n) is 17.6. The fourth-order valence-corrected chi connectivity index (χ4v) is 5.24. The number of nitrogens with zero attached hydrogens (tertiary/aromatic N) is 3. The number of nitrogens with one attached hydrogen (secondary N) is 1. The van der Waals surface area contributed by atoms with E-state index in [9.17, 15) is 13.2 Å². The molecule has 2 heterocycles. The summed E-state index contributed by atoms with van der Waals surface area (Å²) < 4.78 is 26.5. The summed E-state index contributed by atoms with van der Waals surface area (Å²) in [7, 11) is -3.51. The minimum absolute atomic E-state index is 0.168. The standard InChI is InChI=1S/C22H30N4O3S/c1-3-26(4-2)30(28,29)21-7-5-19(6-8-21)22(27)24-17-18-11-15-25(16-12-18)20-9-13-23-14-10-20/h5-10,13-14,18H,3-4,11-12,15-17H2,1-2H3,(H,24,27). The van der Waals surface area contributed by atoms with E-state index in [4.69, 9.17) is 0 Å². The van der Waals surface area contributed by atoms with Gasteiger partial charge in [0, 0.05) is 56.4 Å². The van der Waals surface area contributed by atoms with Gasteiger partial charge in [-0.25, -0.2) is 8.42 Å². The van der Waals surface area contributed by atoms with Crippen LogP contribution in [-0.4, -0.2) is 56.3 Å². The Morgan fingerprint density at radius 3 is 2.23 bits per heavy atom. The number of aromatic nitrogens is 1. The summed E-state index contributed by atoms with van der Waals surface area (Å²) in [6.07, 6.45) is 5.65. The monoisotopic (exact) mass is 430 g/mol. The first-order valence-corrected chi connectivity index (χ1v) is 11.9. The lowest BCUT2D eigenvalue weighted by atomic mass is 9.96. The minimum Gasteiger partial charge on any atom is -0.371 e. The molecule has 30 heavy (non-hydrogen) atoms. The molecule has 1 aromatic carbocycles. The van der Waals surface area contributed by atoms with Gasteiger partial charge in [0.05, 0.1) is 4.90 Å². The van der Waals surface area contributed by atoms with Crippen LogP contribution in [0.3, 0.4) is 0 Å². The quantitative estimate of drug-likeness (QED) is 0.696. The van der Waals surface area contributed by atoms with Crippen molar-refractivity contribution in [3.05, 3.63) is 54.4 Å². The second kappa shape index (κ2) is 10.0. The molecule has 1 aromatic heterocycles. The third-order valence-electron chi connectivity index (χ3n) is 5.65. The summed E-state index contributed by atoms with van der Waals surface area (Å²) in [6.45, 7) is 7.00. The average molecular weight is 431 g/mol. The summed E-state index contributed by atoms with van der Waals surface area (Å²) in [5.41, 5.74) is 1.66. The van der Waals surface area contributed by atoms with Crippen LogP contribution in [0.5, 0.6) is 0 Å². The van der Waals surface area contributed by atoms with Crippen molar-refractivity contribution < 1.29 is 13.2 Å². The van der Waals surface area contributed by atoms with Crippen molar-refractivity contribution in [2.45, 2.75) is 31.6 Å². The van der Waals surface area contributed by atoms with Crippen LogP contribution >= 0.6 is 0 Å². The van der Waals surface area contributed by atoms with E-state index in [0.29, 0.717) is 31.1 Å². The molecule has 8 heteroatoms. The molecule has 1 N–H and O–H groups in total. The molecule has 0 saturated carbocycles. The van der Waals surface area contributed by atoms with Crippen molar-refractivity contribution in [3.63, 3.8) is 0 Å². The zero-order valence-corrected chi connectivity index (χ0v) is 18.4. The highest BCUT2D eigenvalue weighted by Crippen LogP contribution is 2.22. The van der Waals surface area contributed by atoms with Crippen molar-refractivity contribution in [3.8, 4) is 0 Å². The molecule has 3 rings (SSSR count). The highest BCUT2D eigenvalue weighted by atomic mass is 32.2. The predicted molar refractivity (Wildman–Crippen MR) is 118 cm³/mol. The predicted octanol–water partition coefficient (Wildman–Crippen LogP) is 2.76. The number of rotatable bonds is 8. The molecule has 1 aliphatic rings. The van der Waals surface area contributed by atoms with Gasteiger partial charge >= 0.3 is 0 Å². The summed E-state index contributed by atoms with van der Waals surface area (Å²) in [6, 6.07) is 10.2. The van der Waals surface area contributed by atoms with E-state index < -0.39 is 10.0 Å². The van der Waals surface area contributed by atoms with Gasteiger partial charge in [0.15, 0.2) is 0 Å². The van der Waals surface area contributed by atoms with Crippen LogP contribution in [0.2, 0.25) is 0 Å². The van der Waals surface area contributed by atoms with E-state index in [2.05, 4.69) is 15.2 Å². The van der Waals surface area contributed by atoms with Crippen molar-refractivity contribution in [1.82, 2.24) is 14.6 Å². The first-order valence-electron chi connectivity index (χ1n) is 10.5. The van der Waals surface area contributed by atoms with E-state index in [1.807, 2.05) is 26.0 Å². The van der Waals surface area contributed by atoms with Crippen LogP contribution in [0.15, 0.2) is 53.7 Å². The van der Waals surface area contributed by atoms with E-state index in [0.717, 1.165) is 25.9 Å². The molecule has 0 unspecified atom stereocenters. The van der Waals surface area contributed by atoms with E-state index in [1.54, 1.807) is 24.5 Å². The highest BCUT2D eigenvalue weighted by molar-refractivity contribution is 7.89. The van der Waals surface area contributed by atoms with Gasteiger partial charge in [-0.05, 0) is 55.2 Å². The Kier molecular flexibility index (Phi) is 7.44. The number of pyridine rings is 1. The van der Waals surface area contributed by atoms with Crippen LogP contribution in [0, 0.1) is 5.92 Å². The first-order chi connectivity index (χ1) is 14.5. The van der Waals surface area contributed by atoms with Gasteiger partial charge < -0.3 is 10.2 Å². The Morgan fingerprint density at radius 1 is 1.07 bits per heavy atom. The number of benzene rings is 1. The summed E-state index contributed by atoms with van der Waals surface area (Å²) in [5.74, 6) is 0.271. The number of amides is 1. The number of carbonyl (C=O) groups is 1. The number of hydrogen-bond acceptors (Lipinski definition) is 5. The molecule has 0 radical (unpaired) electrons. The molecule has 1 aliphatic heterocycles. The van der Waals surface area contributed by atoms with Crippen molar-refractivity contribution >= 4 is 21.6 Å². The summed E-state index contributed by atoms with van der Waals surface area (Å²) in [4.78, 5) is 19.1. The number of piperidine rings is 1. The van der Waals surface area contributed by atoms with Gasteiger partial charge in [-0.15, -0.1) is 0 Å². The second-order valence-electron chi connectivity index (χ2n) is 7.46. The topological polar surface area (TPSA) is 82.6 Å². The molecule has 7 nitrogen and oxygen atoms in total. The Hall–Kier alpha value is -2.45. The Bertz CT molecular complexity index is 921. The van der Waals surface area contributed by atoms with E-state index >= 15 is 0 Å². The van der Waals surface area contributed by atoms with Gasteiger partial charge in [0.2, 0.25) is 10.0 Å². The molecule has 2 aromatic rings. The zero-order chi connectivity index (χ0) is 21.6. The molecule has 0 bridgehead atoms. The van der Waals surface area contributed by atoms with Gasteiger partial charge in [0.1, 0.15) is 0 Å². The number of carbonyl (C=O) groups excluding carboxylic acids is 1. The molecule has 1 amide bonds. The summed E-state index contributed by atoms with van der Waals surface area (Å²) in [5, 5.41) is 3.00. The van der Waals surface area contributed by atoms with Gasteiger partial charge in [-0.2, -0.15) is 4.31 Å². The average Bonchev–Trinajstić information content (AvgIpc) is 2.79. The Labute approximate surface area is 179 Å². The molecule has 1 fully saturated rings. The second-order valence-corrected chi connectivity index (χ2v) is 9.40. The molecular formula is C22H30N4O3S. The summed E-state index contributed by atoms with van der Waals surface area (Å²) >= 11 is 0. The smallest absolute Gasteiger partial charge is 0.251 e. The lowest BCUT2D eigenvalue weighted by Gasteiger charge is -2.33. The van der Waals surface area contributed by atoms with E-state index in [-0.39, 0.29) is 10.8 Å². The first kappa shape index (κ1) is 22.2. The lowest BCUT2D eigenvalue weighted by molar-refractivity contribution is 0.0945. The van der Waals surface area contributed by atoms with Crippen LogP contribution in [-0.2, 0) is 10.0 Å². The number of hydrogen-bond donors (Lipinski definition) is 1. The number of sulfonamides is 1. The maximum Gasteiger partial charge on any atom is 0.251 e. The van der Waals surface area contributed by atoms with Crippen LogP contribution in [0.25, 0.3) is 0 Å². The molecule has 1 saturated heterocycles. The van der Waals surface area contributed by atoms with Crippen molar-refractivity contribution in [1.29, 1.82) is 0 Å². The highest BCUT2D eigenvalue weighted by Gasteiger charge is 2.22. The van der Waals surface area contributed by atoms with Crippen LogP contribution < -0.4 is 10.2 Å². The van der Waals surface area contributed by atoms with Crippen molar-refractivity contribution in [2.24, 2.45) is 5.92 Å². The molecular weight excluding hydrogens is 400 g/mol. The third-order valence-corrected chi connectivity index (χ3v) is 7.72. The maximum atomic E-state index is 12.6.